The number of carbonyl (C=O) groups is 4. The van der Waals surface area contributed by atoms with E-state index in [1.807, 2.05) is 12.2 Å². The summed E-state index contributed by atoms with van der Waals surface area (Å²) in [5, 5.41) is 1.81. The lowest BCUT2D eigenvalue weighted by Gasteiger charge is -2.36. The lowest BCUT2D eigenvalue weighted by Crippen LogP contribution is -2.57. The fraction of sp³-hybridized carbons (Fsp3) is 0.280. The van der Waals surface area contributed by atoms with Crippen molar-refractivity contribution in [1.82, 2.24) is 10.0 Å². The average Bonchev–Trinajstić information content (AvgIpc) is 3.09. The molecule has 176 valence electrons. The Morgan fingerprint density at radius 2 is 1.59 bits per heavy atom. The molecule has 0 bridgehead atoms. The van der Waals surface area contributed by atoms with Gasteiger partial charge in [0.1, 0.15) is 11.9 Å². The Balaban J connectivity index is 1.82. The number of hydrogen-bond donors (Lipinski definition) is 0. The molecule has 3 amide bonds. The number of imide groups is 1. The molecule has 0 spiro atoms. The smallest absolute Gasteiger partial charge is 0.275 e. The van der Waals surface area contributed by atoms with Gasteiger partial charge in [-0.3, -0.25) is 19.2 Å². The summed E-state index contributed by atoms with van der Waals surface area (Å²) in [7, 11) is 0. The number of allylic oxidation sites excluding steroid dienone is 2. The van der Waals surface area contributed by atoms with E-state index < -0.39 is 47.2 Å². The van der Waals surface area contributed by atoms with Gasteiger partial charge in [0.15, 0.2) is 5.78 Å². The van der Waals surface area contributed by atoms with E-state index in [9.17, 15) is 23.6 Å². The van der Waals surface area contributed by atoms with Crippen molar-refractivity contribution in [1.29, 1.82) is 0 Å². The number of hydrazine groups is 1. The van der Waals surface area contributed by atoms with Gasteiger partial charge in [0, 0.05) is 11.4 Å². The number of carbonyl (C=O) groups excluding carboxylic acids is 4. The molecular formula is C25H21Cl2FN2O4. The number of hydrogen-bond acceptors (Lipinski definition) is 4. The molecule has 1 saturated heterocycles. The third kappa shape index (κ3) is 4.38. The zero-order valence-corrected chi connectivity index (χ0v) is 19.5. The SMILES string of the molecule is O=C(c1ccc(F)cc1)[C@H](CCCl)N(C(=O)c1ccccc1Cl)N1C(=O)[C@H]2CC=CC[C@@H]2C1=O. The minimum absolute atomic E-state index is 0.0317. The molecule has 1 aliphatic heterocycles. The van der Waals surface area contributed by atoms with Crippen LogP contribution in [0.1, 0.15) is 40.0 Å². The van der Waals surface area contributed by atoms with Crippen LogP contribution in [0.2, 0.25) is 5.02 Å². The first-order valence-corrected chi connectivity index (χ1v) is 11.7. The Morgan fingerprint density at radius 3 is 2.15 bits per heavy atom. The second kappa shape index (κ2) is 10.1. The number of fused-ring (bicyclic) bond motifs is 1. The van der Waals surface area contributed by atoms with Crippen LogP contribution in [-0.2, 0) is 9.59 Å². The molecule has 3 atom stereocenters. The molecule has 34 heavy (non-hydrogen) atoms. The number of benzene rings is 2. The van der Waals surface area contributed by atoms with E-state index in [4.69, 9.17) is 23.2 Å². The highest BCUT2D eigenvalue weighted by atomic mass is 35.5. The van der Waals surface area contributed by atoms with Crippen LogP contribution in [0.15, 0.2) is 60.7 Å². The van der Waals surface area contributed by atoms with Crippen LogP contribution >= 0.6 is 23.2 Å². The largest absolute Gasteiger partial charge is 0.292 e. The summed E-state index contributed by atoms with van der Waals surface area (Å²) in [6, 6.07) is 9.72. The third-order valence-corrected chi connectivity index (χ3v) is 6.67. The van der Waals surface area contributed by atoms with Gasteiger partial charge < -0.3 is 0 Å². The van der Waals surface area contributed by atoms with E-state index in [1.165, 1.54) is 24.3 Å². The van der Waals surface area contributed by atoms with E-state index >= 15 is 0 Å². The normalized spacial score (nSPS) is 20.3. The fourth-order valence-electron chi connectivity index (χ4n) is 4.40. The van der Waals surface area contributed by atoms with Crippen LogP contribution in [-0.4, -0.2) is 45.4 Å². The van der Waals surface area contributed by atoms with Crippen LogP contribution in [0.4, 0.5) is 4.39 Å². The first-order chi connectivity index (χ1) is 16.3. The highest BCUT2D eigenvalue weighted by Crippen LogP contribution is 2.37. The minimum Gasteiger partial charge on any atom is -0.292 e. The van der Waals surface area contributed by atoms with Crippen LogP contribution in [0.5, 0.6) is 0 Å². The number of nitrogens with zero attached hydrogens (tertiary/aromatic N) is 2. The predicted molar refractivity (Wildman–Crippen MR) is 125 cm³/mol. The van der Waals surface area contributed by atoms with Crippen LogP contribution in [0.3, 0.4) is 0 Å². The lowest BCUT2D eigenvalue weighted by atomic mass is 9.85. The Hall–Kier alpha value is -3.03. The van der Waals surface area contributed by atoms with Crippen molar-refractivity contribution in [2.75, 3.05) is 5.88 Å². The van der Waals surface area contributed by atoms with Gasteiger partial charge in [-0.15, -0.1) is 11.6 Å². The van der Waals surface area contributed by atoms with Crippen molar-refractivity contribution in [3.05, 3.63) is 82.6 Å². The quantitative estimate of drug-likeness (QED) is 0.238. The average molecular weight is 503 g/mol. The van der Waals surface area contributed by atoms with Crippen molar-refractivity contribution in [3.8, 4) is 0 Å². The summed E-state index contributed by atoms with van der Waals surface area (Å²) in [6.07, 6.45) is 4.35. The van der Waals surface area contributed by atoms with Crippen LogP contribution in [0, 0.1) is 17.7 Å². The topological polar surface area (TPSA) is 74.8 Å². The van der Waals surface area contributed by atoms with E-state index in [-0.39, 0.29) is 28.5 Å². The van der Waals surface area contributed by atoms with Crippen molar-refractivity contribution in [2.45, 2.75) is 25.3 Å². The van der Waals surface area contributed by atoms with Crippen LogP contribution in [0.25, 0.3) is 0 Å². The maximum Gasteiger partial charge on any atom is 0.275 e. The monoisotopic (exact) mass is 502 g/mol. The van der Waals surface area contributed by atoms with Gasteiger partial charge in [0.25, 0.3) is 17.7 Å². The van der Waals surface area contributed by atoms with Crippen molar-refractivity contribution < 1.29 is 23.6 Å². The van der Waals surface area contributed by atoms with E-state index in [0.29, 0.717) is 12.8 Å². The Kier molecular flexibility index (Phi) is 7.14. The predicted octanol–water partition coefficient (Wildman–Crippen LogP) is 4.67. The van der Waals surface area contributed by atoms with Gasteiger partial charge in [-0.1, -0.05) is 35.9 Å². The summed E-state index contributed by atoms with van der Waals surface area (Å²) in [4.78, 5) is 54.1. The molecule has 0 N–H and O–H groups in total. The molecule has 6 nitrogen and oxygen atoms in total. The number of ketones is 1. The molecule has 9 heteroatoms. The van der Waals surface area contributed by atoms with Crippen LogP contribution < -0.4 is 0 Å². The van der Waals surface area contributed by atoms with Gasteiger partial charge in [0.05, 0.1) is 22.4 Å². The maximum absolute atomic E-state index is 13.8. The van der Waals surface area contributed by atoms with Gasteiger partial charge in [-0.05, 0) is 55.7 Å². The standard InChI is InChI=1S/C25H21Cl2FN2O4/c26-14-13-21(22(31)15-9-11-16(28)12-10-15)29(25(34)19-7-3-4-8-20(19)27)30-23(32)17-5-1-2-6-18(17)24(30)33/h1-4,7-12,17-18,21H,5-6,13-14H2/t17-,18-,21-/m0/s1. The zero-order chi connectivity index (χ0) is 24.4. The van der Waals surface area contributed by atoms with Gasteiger partial charge in [0.2, 0.25) is 0 Å². The Morgan fingerprint density at radius 1 is 1.00 bits per heavy atom. The second-order valence-corrected chi connectivity index (χ2v) is 8.92. The molecule has 2 aromatic rings. The summed E-state index contributed by atoms with van der Waals surface area (Å²) in [6.45, 7) is 0. The number of rotatable bonds is 7. The zero-order valence-electron chi connectivity index (χ0n) is 18.0. The summed E-state index contributed by atoms with van der Waals surface area (Å²) in [5.41, 5.74) is 0.149. The Bertz CT molecular complexity index is 1140. The van der Waals surface area contributed by atoms with Crippen molar-refractivity contribution in [2.24, 2.45) is 11.8 Å². The molecule has 0 saturated carbocycles. The summed E-state index contributed by atoms with van der Waals surface area (Å²) < 4.78 is 13.5. The second-order valence-electron chi connectivity index (χ2n) is 8.14. The third-order valence-electron chi connectivity index (χ3n) is 6.12. The molecular weight excluding hydrogens is 482 g/mol. The van der Waals surface area contributed by atoms with Gasteiger partial charge >= 0.3 is 0 Å². The molecule has 0 radical (unpaired) electrons. The van der Waals surface area contributed by atoms with Gasteiger partial charge in [-0.25, -0.2) is 9.40 Å². The highest BCUT2D eigenvalue weighted by molar-refractivity contribution is 6.34. The minimum atomic E-state index is -1.28. The van der Waals surface area contributed by atoms with Gasteiger partial charge in [-0.2, -0.15) is 5.01 Å². The highest BCUT2D eigenvalue weighted by Gasteiger charge is 2.53. The lowest BCUT2D eigenvalue weighted by molar-refractivity contribution is -0.156. The molecule has 1 fully saturated rings. The van der Waals surface area contributed by atoms with Crippen molar-refractivity contribution in [3.63, 3.8) is 0 Å². The van der Waals surface area contributed by atoms with E-state index in [2.05, 4.69) is 0 Å². The van der Waals surface area contributed by atoms with E-state index in [0.717, 1.165) is 22.2 Å². The molecule has 0 aromatic heterocycles. The number of amides is 3. The summed E-state index contributed by atoms with van der Waals surface area (Å²) in [5.74, 6) is -4.24. The molecule has 1 heterocycles. The first-order valence-electron chi connectivity index (χ1n) is 10.8. The first kappa shape index (κ1) is 24.1. The van der Waals surface area contributed by atoms with E-state index in [1.54, 1.807) is 12.1 Å². The summed E-state index contributed by atoms with van der Waals surface area (Å²) >= 11 is 12.3. The number of alkyl halides is 1. The maximum atomic E-state index is 13.8. The fourth-order valence-corrected chi connectivity index (χ4v) is 4.82. The van der Waals surface area contributed by atoms with Crippen molar-refractivity contribution >= 4 is 46.7 Å². The molecule has 1 aliphatic carbocycles. The Labute approximate surface area is 205 Å². The molecule has 4 rings (SSSR count). The molecule has 2 aromatic carbocycles. The molecule has 2 aliphatic rings. The number of halogens is 3. The number of Topliss-reactive ketones (excluding diaryl/α,β-unsaturated/α-hetero) is 1. The molecule has 0 unspecified atom stereocenters.